The lowest BCUT2D eigenvalue weighted by Crippen LogP contribution is -2.13. The van der Waals surface area contributed by atoms with Gasteiger partial charge in [-0.15, -0.1) is 0 Å². The summed E-state index contributed by atoms with van der Waals surface area (Å²) in [7, 11) is 1.55. The number of methoxy groups -OCH3 is 1. The number of nitrogens with zero attached hydrogens (tertiary/aromatic N) is 3. The van der Waals surface area contributed by atoms with E-state index in [-0.39, 0.29) is 17.3 Å². The van der Waals surface area contributed by atoms with Crippen molar-refractivity contribution in [3.63, 3.8) is 0 Å². The average Bonchev–Trinajstić information content (AvgIpc) is 2.54. The molecule has 0 saturated carbocycles. The van der Waals surface area contributed by atoms with Crippen LogP contribution in [0.15, 0.2) is 30.6 Å². The molecular weight excluding hydrogens is 322 g/mol. The number of hydrogen-bond donors (Lipinski definition) is 2. The molecule has 2 aromatic rings. The molecule has 0 saturated heterocycles. The van der Waals surface area contributed by atoms with E-state index in [0.29, 0.717) is 24.7 Å². The van der Waals surface area contributed by atoms with Gasteiger partial charge >= 0.3 is 5.69 Å². The summed E-state index contributed by atoms with van der Waals surface area (Å²) in [6.45, 7) is 1.12. The van der Waals surface area contributed by atoms with Gasteiger partial charge in [-0.05, 0) is 11.6 Å². The molecule has 122 valence electrons. The number of aromatic nitrogens is 2. The highest BCUT2D eigenvalue weighted by molar-refractivity contribution is 6.31. The standard InChI is InChI=1S/C14H16ClN5O3/c1-23-7-6-16-13-12(20(21)22)14(19-9-18-13)17-8-10-4-2-3-5-11(10)15/h2-5,9H,6-8H2,1H3,(H2,16,17,18,19). The summed E-state index contributed by atoms with van der Waals surface area (Å²) in [6, 6.07) is 7.25. The Balaban J connectivity index is 2.19. The fourth-order valence-corrected chi connectivity index (χ4v) is 2.11. The van der Waals surface area contributed by atoms with Crippen LogP contribution in [0.2, 0.25) is 5.02 Å². The maximum absolute atomic E-state index is 11.3. The minimum atomic E-state index is -0.524. The number of halogens is 1. The average molecular weight is 338 g/mol. The number of nitro groups is 1. The van der Waals surface area contributed by atoms with Crippen molar-refractivity contribution in [2.75, 3.05) is 30.9 Å². The minimum absolute atomic E-state index is 0.129. The van der Waals surface area contributed by atoms with E-state index in [1.807, 2.05) is 18.2 Å². The first-order chi connectivity index (χ1) is 11.1. The van der Waals surface area contributed by atoms with Crippen molar-refractivity contribution < 1.29 is 9.66 Å². The van der Waals surface area contributed by atoms with Gasteiger partial charge in [-0.3, -0.25) is 10.1 Å². The Hall–Kier alpha value is -2.45. The van der Waals surface area contributed by atoms with E-state index >= 15 is 0 Å². The SMILES string of the molecule is COCCNc1ncnc(NCc2ccccc2Cl)c1[N+](=O)[O-]. The van der Waals surface area contributed by atoms with Gasteiger partial charge in [-0.1, -0.05) is 29.8 Å². The number of anilines is 2. The van der Waals surface area contributed by atoms with Gasteiger partial charge in [0.15, 0.2) is 0 Å². The third kappa shape index (κ3) is 4.51. The number of rotatable bonds is 8. The number of ether oxygens (including phenoxy) is 1. The number of hydrogen-bond acceptors (Lipinski definition) is 7. The van der Waals surface area contributed by atoms with Crippen LogP contribution in [0.3, 0.4) is 0 Å². The van der Waals surface area contributed by atoms with Crippen LogP contribution < -0.4 is 10.6 Å². The zero-order valence-electron chi connectivity index (χ0n) is 12.5. The lowest BCUT2D eigenvalue weighted by Gasteiger charge is -2.10. The van der Waals surface area contributed by atoms with E-state index in [4.69, 9.17) is 16.3 Å². The summed E-state index contributed by atoms with van der Waals surface area (Å²) in [6.07, 6.45) is 1.26. The lowest BCUT2D eigenvalue weighted by atomic mass is 10.2. The van der Waals surface area contributed by atoms with Crippen LogP contribution in [0.25, 0.3) is 0 Å². The molecule has 0 radical (unpaired) electrons. The van der Waals surface area contributed by atoms with E-state index in [0.717, 1.165) is 5.56 Å². The van der Waals surface area contributed by atoms with Crippen LogP contribution in [0.5, 0.6) is 0 Å². The van der Waals surface area contributed by atoms with Crippen LogP contribution in [-0.4, -0.2) is 35.2 Å². The molecule has 23 heavy (non-hydrogen) atoms. The first kappa shape index (κ1) is 16.9. The van der Waals surface area contributed by atoms with Crippen molar-refractivity contribution in [3.8, 4) is 0 Å². The molecule has 0 bridgehead atoms. The van der Waals surface area contributed by atoms with E-state index in [2.05, 4.69) is 20.6 Å². The fraction of sp³-hybridized carbons (Fsp3) is 0.286. The van der Waals surface area contributed by atoms with Gasteiger partial charge < -0.3 is 15.4 Å². The molecule has 8 nitrogen and oxygen atoms in total. The monoisotopic (exact) mass is 337 g/mol. The molecule has 0 aliphatic heterocycles. The molecule has 0 fully saturated rings. The third-order valence-electron chi connectivity index (χ3n) is 3.01. The summed E-state index contributed by atoms with van der Waals surface area (Å²) in [5, 5.41) is 17.7. The van der Waals surface area contributed by atoms with Crippen molar-refractivity contribution in [1.82, 2.24) is 9.97 Å². The number of nitrogens with one attached hydrogen (secondary N) is 2. The van der Waals surface area contributed by atoms with Crippen molar-refractivity contribution in [2.24, 2.45) is 0 Å². The topological polar surface area (TPSA) is 102 Å². The van der Waals surface area contributed by atoms with Crippen LogP contribution in [-0.2, 0) is 11.3 Å². The quantitative estimate of drug-likeness (QED) is 0.433. The second-order valence-electron chi connectivity index (χ2n) is 4.54. The summed E-state index contributed by atoms with van der Waals surface area (Å²) in [4.78, 5) is 18.7. The van der Waals surface area contributed by atoms with Gasteiger partial charge in [0, 0.05) is 25.2 Å². The fourth-order valence-electron chi connectivity index (χ4n) is 1.90. The summed E-state index contributed by atoms with van der Waals surface area (Å²) < 4.78 is 4.91. The molecule has 1 aromatic carbocycles. The van der Waals surface area contributed by atoms with Crippen molar-refractivity contribution in [2.45, 2.75) is 6.54 Å². The second-order valence-corrected chi connectivity index (χ2v) is 4.95. The molecule has 2 rings (SSSR count). The zero-order valence-corrected chi connectivity index (χ0v) is 13.2. The molecule has 0 aliphatic rings. The van der Waals surface area contributed by atoms with Gasteiger partial charge in [-0.25, -0.2) is 9.97 Å². The highest BCUT2D eigenvalue weighted by Gasteiger charge is 2.22. The number of benzene rings is 1. The Kier molecular flexibility index (Phi) is 6.07. The van der Waals surface area contributed by atoms with Gasteiger partial charge in [0.2, 0.25) is 11.6 Å². The molecule has 0 unspecified atom stereocenters. The van der Waals surface area contributed by atoms with Gasteiger partial charge in [0.05, 0.1) is 11.5 Å². The largest absolute Gasteiger partial charge is 0.383 e. The highest BCUT2D eigenvalue weighted by Crippen LogP contribution is 2.29. The Morgan fingerprint density at radius 2 is 1.96 bits per heavy atom. The molecule has 0 spiro atoms. The molecule has 0 atom stereocenters. The summed E-state index contributed by atoms with van der Waals surface area (Å²) >= 11 is 6.08. The van der Waals surface area contributed by atoms with Gasteiger partial charge in [-0.2, -0.15) is 0 Å². The van der Waals surface area contributed by atoms with E-state index in [1.165, 1.54) is 6.33 Å². The smallest absolute Gasteiger partial charge is 0.353 e. The van der Waals surface area contributed by atoms with Crippen LogP contribution in [0.1, 0.15) is 5.56 Å². The maximum Gasteiger partial charge on any atom is 0.353 e. The van der Waals surface area contributed by atoms with Crippen molar-refractivity contribution in [3.05, 3.63) is 51.3 Å². The molecular formula is C14H16ClN5O3. The zero-order chi connectivity index (χ0) is 16.7. The highest BCUT2D eigenvalue weighted by atomic mass is 35.5. The summed E-state index contributed by atoms with van der Waals surface area (Å²) in [5.41, 5.74) is 0.603. The van der Waals surface area contributed by atoms with E-state index < -0.39 is 4.92 Å². The van der Waals surface area contributed by atoms with Crippen LogP contribution in [0, 0.1) is 10.1 Å². The third-order valence-corrected chi connectivity index (χ3v) is 3.38. The molecule has 2 N–H and O–H groups in total. The Morgan fingerprint density at radius 3 is 2.61 bits per heavy atom. The van der Waals surface area contributed by atoms with Gasteiger partial charge in [0.25, 0.3) is 0 Å². The first-order valence-electron chi connectivity index (χ1n) is 6.83. The van der Waals surface area contributed by atoms with Crippen molar-refractivity contribution in [1.29, 1.82) is 0 Å². The molecule has 1 heterocycles. The predicted octanol–water partition coefficient (Wildman–Crippen LogP) is 2.71. The maximum atomic E-state index is 11.3. The Labute approximate surface area is 138 Å². The van der Waals surface area contributed by atoms with E-state index in [1.54, 1.807) is 13.2 Å². The van der Waals surface area contributed by atoms with Crippen LogP contribution in [0.4, 0.5) is 17.3 Å². The normalized spacial score (nSPS) is 10.3. The molecule has 0 aliphatic carbocycles. The van der Waals surface area contributed by atoms with Crippen LogP contribution >= 0.6 is 11.6 Å². The molecule has 0 amide bonds. The lowest BCUT2D eigenvalue weighted by molar-refractivity contribution is -0.383. The predicted molar refractivity (Wildman–Crippen MR) is 87.8 cm³/mol. The van der Waals surface area contributed by atoms with E-state index in [9.17, 15) is 10.1 Å². The second kappa shape index (κ2) is 8.25. The minimum Gasteiger partial charge on any atom is -0.383 e. The first-order valence-corrected chi connectivity index (χ1v) is 7.20. The Morgan fingerprint density at radius 1 is 1.26 bits per heavy atom. The Bertz CT molecular complexity index is 683. The summed E-state index contributed by atoms with van der Waals surface area (Å²) in [5.74, 6) is 0.272. The van der Waals surface area contributed by atoms with Gasteiger partial charge in [0.1, 0.15) is 6.33 Å². The van der Waals surface area contributed by atoms with Crippen molar-refractivity contribution >= 4 is 28.9 Å². The molecule has 9 heteroatoms. The molecule has 1 aromatic heterocycles.